The van der Waals surface area contributed by atoms with Crippen LogP contribution in [0, 0.1) is 0 Å². The van der Waals surface area contributed by atoms with Gasteiger partial charge in [-0.05, 0) is 61.8 Å². The number of hydrogen-bond acceptors (Lipinski definition) is 4. The first-order chi connectivity index (χ1) is 13.7. The highest BCUT2D eigenvalue weighted by Crippen LogP contribution is 2.42. The minimum absolute atomic E-state index is 0.108. The number of halogens is 1. The van der Waals surface area contributed by atoms with E-state index in [0.29, 0.717) is 12.4 Å². The van der Waals surface area contributed by atoms with E-state index in [1.54, 1.807) is 16.8 Å². The molecule has 1 aliphatic rings. The van der Waals surface area contributed by atoms with Crippen molar-refractivity contribution in [3.8, 4) is 5.75 Å². The molecule has 1 aliphatic heterocycles. The molecule has 164 valence electrons. The summed E-state index contributed by atoms with van der Waals surface area (Å²) >= 11 is 3.49. The van der Waals surface area contributed by atoms with Crippen LogP contribution >= 0.6 is 15.9 Å². The number of fused-ring (bicyclic) bond motifs is 1. The van der Waals surface area contributed by atoms with Gasteiger partial charge in [-0.15, -0.1) is 0 Å². The number of aliphatic hydroxyl groups excluding tert-OH is 1. The SMILES string of the molecule is CC1(C)Oc2ccc(Br)cc2[C@@H](n2ccc(CO[Si](C)(C)C(C)(C)C)cc2=O)[C@@H]1O. The Kier molecular flexibility index (Phi) is 6.15. The average molecular weight is 495 g/mol. The minimum Gasteiger partial charge on any atom is -0.485 e. The summed E-state index contributed by atoms with van der Waals surface area (Å²) in [6.07, 6.45) is 0.874. The zero-order chi connectivity index (χ0) is 22.5. The lowest BCUT2D eigenvalue weighted by Gasteiger charge is -2.42. The lowest BCUT2D eigenvalue weighted by molar-refractivity contribution is -0.0643. The Morgan fingerprint density at radius 2 is 1.90 bits per heavy atom. The molecule has 0 spiro atoms. The third kappa shape index (κ3) is 4.44. The molecule has 0 amide bonds. The van der Waals surface area contributed by atoms with Crippen LogP contribution in [0.2, 0.25) is 18.1 Å². The summed E-state index contributed by atoms with van der Waals surface area (Å²) < 4.78 is 14.7. The van der Waals surface area contributed by atoms with Gasteiger partial charge in [-0.25, -0.2) is 0 Å². The van der Waals surface area contributed by atoms with Gasteiger partial charge in [0, 0.05) is 22.3 Å². The second kappa shape index (κ2) is 7.93. The van der Waals surface area contributed by atoms with E-state index in [1.165, 1.54) is 0 Å². The molecule has 5 nitrogen and oxygen atoms in total. The van der Waals surface area contributed by atoms with E-state index in [1.807, 2.05) is 38.1 Å². The molecule has 0 saturated heterocycles. The highest BCUT2D eigenvalue weighted by atomic mass is 79.9. The maximum absolute atomic E-state index is 13.1. The summed E-state index contributed by atoms with van der Waals surface area (Å²) in [5.41, 5.74) is 0.633. The fourth-order valence-corrected chi connectivity index (χ4v) is 4.71. The number of aromatic nitrogens is 1. The Morgan fingerprint density at radius 1 is 1.23 bits per heavy atom. The number of nitrogens with zero attached hydrogens (tertiary/aromatic N) is 1. The molecular weight excluding hydrogens is 462 g/mol. The molecule has 2 heterocycles. The van der Waals surface area contributed by atoms with Crippen molar-refractivity contribution in [2.45, 2.75) is 77.1 Å². The Bertz CT molecular complexity index is 993. The van der Waals surface area contributed by atoms with Crippen molar-refractivity contribution in [2.75, 3.05) is 0 Å². The average Bonchev–Trinajstić information content (AvgIpc) is 2.62. The van der Waals surface area contributed by atoms with Crippen molar-refractivity contribution < 1.29 is 14.3 Å². The Morgan fingerprint density at radius 3 is 2.50 bits per heavy atom. The van der Waals surface area contributed by atoms with Gasteiger partial charge in [-0.2, -0.15) is 0 Å². The third-order valence-corrected chi connectivity index (χ3v) is 11.4. The Hall–Kier alpha value is -1.41. The van der Waals surface area contributed by atoms with Crippen molar-refractivity contribution in [2.24, 2.45) is 0 Å². The van der Waals surface area contributed by atoms with Crippen LogP contribution in [0.15, 0.2) is 45.8 Å². The van der Waals surface area contributed by atoms with E-state index < -0.39 is 26.1 Å². The monoisotopic (exact) mass is 493 g/mol. The number of hydrogen-bond donors (Lipinski definition) is 1. The molecular formula is C23H32BrNO4Si. The van der Waals surface area contributed by atoms with Crippen LogP contribution in [0.25, 0.3) is 0 Å². The van der Waals surface area contributed by atoms with Crippen LogP contribution in [0.3, 0.4) is 0 Å². The number of aliphatic hydroxyl groups is 1. The second-order valence-electron chi connectivity index (χ2n) is 10.1. The third-order valence-electron chi connectivity index (χ3n) is 6.39. The summed E-state index contributed by atoms with van der Waals surface area (Å²) in [7, 11) is -1.91. The minimum atomic E-state index is -1.91. The van der Waals surface area contributed by atoms with Gasteiger partial charge in [0.1, 0.15) is 17.5 Å². The maximum Gasteiger partial charge on any atom is 0.251 e. The maximum atomic E-state index is 13.1. The molecule has 1 aromatic carbocycles. The molecule has 0 aliphatic carbocycles. The molecule has 2 atom stereocenters. The normalized spacial score (nSPS) is 21.1. The van der Waals surface area contributed by atoms with Crippen LogP contribution in [-0.4, -0.2) is 29.7 Å². The summed E-state index contributed by atoms with van der Waals surface area (Å²) in [4.78, 5) is 13.1. The van der Waals surface area contributed by atoms with Gasteiger partial charge in [-0.3, -0.25) is 4.79 Å². The predicted molar refractivity (Wildman–Crippen MR) is 126 cm³/mol. The number of rotatable bonds is 4. The fourth-order valence-electron chi connectivity index (χ4n) is 3.37. The second-order valence-corrected chi connectivity index (χ2v) is 15.8. The first-order valence-electron chi connectivity index (χ1n) is 10.2. The van der Waals surface area contributed by atoms with Gasteiger partial charge < -0.3 is 18.8 Å². The van der Waals surface area contributed by atoms with E-state index in [4.69, 9.17) is 9.16 Å². The van der Waals surface area contributed by atoms with E-state index in [2.05, 4.69) is 49.8 Å². The van der Waals surface area contributed by atoms with Crippen molar-refractivity contribution in [3.63, 3.8) is 0 Å². The van der Waals surface area contributed by atoms with Crippen molar-refractivity contribution in [1.29, 1.82) is 0 Å². The van der Waals surface area contributed by atoms with Gasteiger partial charge in [0.05, 0.1) is 12.6 Å². The molecule has 0 fully saturated rings. The molecule has 1 N–H and O–H groups in total. The molecule has 30 heavy (non-hydrogen) atoms. The van der Waals surface area contributed by atoms with Gasteiger partial charge >= 0.3 is 0 Å². The lowest BCUT2D eigenvalue weighted by Crippen LogP contribution is -2.52. The molecule has 7 heteroatoms. The number of pyridine rings is 1. The Balaban J connectivity index is 1.95. The van der Waals surface area contributed by atoms with E-state index in [-0.39, 0.29) is 10.6 Å². The smallest absolute Gasteiger partial charge is 0.251 e. The van der Waals surface area contributed by atoms with Crippen molar-refractivity contribution >= 4 is 24.2 Å². The Labute approximate surface area is 188 Å². The topological polar surface area (TPSA) is 60.7 Å². The van der Waals surface area contributed by atoms with E-state index in [0.717, 1.165) is 15.6 Å². The molecule has 1 aromatic heterocycles. The van der Waals surface area contributed by atoms with Gasteiger partial charge in [0.25, 0.3) is 5.56 Å². The quantitative estimate of drug-likeness (QED) is 0.590. The zero-order valence-electron chi connectivity index (χ0n) is 18.8. The lowest BCUT2D eigenvalue weighted by atomic mass is 9.86. The molecule has 0 saturated carbocycles. The molecule has 0 radical (unpaired) electrons. The van der Waals surface area contributed by atoms with E-state index in [9.17, 15) is 9.90 Å². The number of ether oxygens (including phenoxy) is 1. The van der Waals surface area contributed by atoms with Crippen LogP contribution in [0.1, 0.15) is 51.8 Å². The molecule has 3 rings (SSSR count). The van der Waals surface area contributed by atoms with Crippen LogP contribution in [0.5, 0.6) is 5.75 Å². The predicted octanol–water partition coefficient (Wildman–Crippen LogP) is 5.25. The van der Waals surface area contributed by atoms with Crippen molar-refractivity contribution in [1.82, 2.24) is 4.57 Å². The molecule has 0 unspecified atom stereocenters. The largest absolute Gasteiger partial charge is 0.485 e. The van der Waals surface area contributed by atoms with Crippen LogP contribution in [-0.2, 0) is 11.0 Å². The highest BCUT2D eigenvalue weighted by Gasteiger charge is 2.44. The summed E-state index contributed by atoms with van der Waals surface area (Å²) in [5.74, 6) is 0.677. The summed E-state index contributed by atoms with van der Waals surface area (Å²) in [5, 5.41) is 11.2. The summed E-state index contributed by atoms with van der Waals surface area (Å²) in [6.45, 7) is 15.1. The summed E-state index contributed by atoms with van der Waals surface area (Å²) in [6, 6.07) is 8.64. The zero-order valence-corrected chi connectivity index (χ0v) is 21.4. The van der Waals surface area contributed by atoms with E-state index >= 15 is 0 Å². The fraction of sp³-hybridized carbons (Fsp3) is 0.522. The van der Waals surface area contributed by atoms with Crippen LogP contribution < -0.4 is 10.3 Å². The van der Waals surface area contributed by atoms with Gasteiger partial charge in [0.2, 0.25) is 0 Å². The first-order valence-corrected chi connectivity index (χ1v) is 13.9. The van der Waals surface area contributed by atoms with Gasteiger partial charge in [-0.1, -0.05) is 36.7 Å². The van der Waals surface area contributed by atoms with Crippen molar-refractivity contribution in [3.05, 3.63) is 62.5 Å². The molecule has 0 bridgehead atoms. The standard InChI is InChI=1S/C23H32BrNO4Si/c1-22(2,3)30(6,7)28-14-15-10-11-25(19(26)12-15)20-17-13-16(24)8-9-18(17)29-23(4,5)21(20)27/h8-13,20-21,27H,14H2,1-7H3/t20-,21+/m1/s1. The van der Waals surface area contributed by atoms with Crippen LogP contribution in [0.4, 0.5) is 0 Å². The highest BCUT2D eigenvalue weighted by molar-refractivity contribution is 9.10. The number of benzene rings is 1. The molecule has 2 aromatic rings. The first kappa shape index (κ1) is 23.3. The van der Waals surface area contributed by atoms with Gasteiger partial charge in [0.15, 0.2) is 8.32 Å².